The Kier molecular flexibility index (Phi) is 7.99. The van der Waals surface area contributed by atoms with Crippen molar-refractivity contribution in [2.45, 2.75) is 26.7 Å². The number of rotatable bonds is 10. The molecule has 25 heavy (non-hydrogen) atoms. The average Bonchev–Trinajstić information content (AvgIpc) is 2.65. The van der Waals surface area contributed by atoms with E-state index in [2.05, 4.69) is 48.3 Å². The summed E-state index contributed by atoms with van der Waals surface area (Å²) in [6.07, 6.45) is 1.92. The van der Waals surface area contributed by atoms with Crippen molar-refractivity contribution in [2.75, 3.05) is 31.6 Å². The molecule has 0 atom stereocenters. The molecular weight excluding hydrogens is 312 g/mol. The van der Waals surface area contributed by atoms with Crippen LogP contribution in [0.2, 0.25) is 0 Å². The minimum absolute atomic E-state index is 0.0102. The summed E-state index contributed by atoms with van der Waals surface area (Å²) in [6.45, 7) is 6.86. The van der Waals surface area contributed by atoms with Gasteiger partial charge in [0.2, 0.25) is 5.91 Å². The minimum atomic E-state index is -0.0102. The Bertz CT molecular complexity index is 639. The molecule has 4 nitrogen and oxygen atoms in total. The van der Waals surface area contributed by atoms with Crippen LogP contribution in [0.1, 0.15) is 25.8 Å². The van der Waals surface area contributed by atoms with E-state index in [1.807, 2.05) is 30.3 Å². The van der Waals surface area contributed by atoms with Gasteiger partial charge in [-0.1, -0.05) is 56.3 Å². The maximum Gasteiger partial charge on any atom is 0.238 e. The Balaban J connectivity index is 1.84. The predicted molar refractivity (Wildman–Crippen MR) is 103 cm³/mol. The van der Waals surface area contributed by atoms with Crippen molar-refractivity contribution in [1.29, 1.82) is 0 Å². The van der Waals surface area contributed by atoms with E-state index in [0.29, 0.717) is 13.2 Å². The fourth-order valence-corrected chi connectivity index (χ4v) is 2.64. The van der Waals surface area contributed by atoms with E-state index >= 15 is 0 Å². The van der Waals surface area contributed by atoms with Crippen molar-refractivity contribution in [3.63, 3.8) is 0 Å². The molecule has 0 aromatic heterocycles. The summed E-state index contributed by atoms with van der Waals surface area (Å²) < 4.78 is 5.89. The molecule has 0 radical (unpaired) electrons. The first-order valence-electron chi connectivity index (χ1n) is 9.00. The molecule has 2 rings (SSSR count). The topological polar surface area (TPSA) is 41.6 Å². The van der Waals surface area contributed by atoms with E-state index in [-0.39, 0.29) is 5.91 Å². The van der Waals surface area contributed by atoms with E-state index in [9.17, 15) is 4.79 Å². The Hall–Kier alpha value is -2.33. The van der Waals surface area contributed by atoms with Gasteiger partial charge in [0.1, 0.15) is 5.75 Å². The second-order valence-corrected chi connectivity index (χ2v) is 5.94. The lowest BCUT2D eigenvalue weighted by atomic mass is 10.1. The number of benzene rings is 2. The largest absolute Gasteiger partial charge is 0.491 e. The highest BCUT2D eigenvalue weighted by Crippen LogP contribution is 2.24. The van der Waals surface area contributed by atoms with Crippen molar-refractivity contribution in [2.24, 2.45) is 0 Å². The van der Waals surface area contributed by atoms with E-state index in [0.717, 1.165) is 37.4 Å². The summed E-state index contributed by atoms with van der Waals surface area (Å²) in [4.78, 5) is 14.3. The SMILES string of the molecule is CCN(CC)CC(=O)Nc1ccccc1OCCCc1ccccc1. The van der Waals surface area contributed by atoms with Gasteiger partial charge in [0.25, 0.3) is 0 Å². The molecule has 1 N–H and O–H groups in total. The standard InChI is InChI=1S/C21H28N2O2/c1-3-23(4-2)17-21(24)22-19-14-8-9-15-20(19)25-16-10-13-18-11-6-5-7-12-18/h5-9,11-12,14-15H,3-4,10,13,16-17H2,1-2H3,(H,22,24). The van der Waals surface area contributed by atoms with Crippen LogP contribution in [-0.2, 0) is 11.2 Å². The summed E-state index contributed by atoms with van der Waals surface area (Å²) in [7, 11) is 0. The van der Waals surface area contributed by atoms with Gasteiger partial charge in [0, 0.05) is 0 Å². The first kappa shape index (κ1) is 19.0. The van der Waals surface area contributed by atoms with Gasteiger partial charge in [0.15, 0.2) is 0 Å². The van der Waals surface area contributed by atoms with Gasteiger partial charge in [-0.3, -0.25) is 9.69 Å². The number of hydrogen-bond acceptors (Lipinski definition) is 3. The second kappa shape index (κ2) is 10.5. The number of para-hydroxylation sites is 2. The zero-order valence-electron chi connectivity index (χ0n) is 15.2. The van der Waals surface area contributed by atoms with Gasteiger partial charge >= 0.3 is 0 Å². The van der Waals surface area contributed by atoms with Crippen LogP contribution >= 0.6 is 0 Å². The second-order valence-electron chi connectivity index (χ2n) is 5.94. The highest BCUT2D eigenvalue weighted by atomic mass is 16.5. The van der Waals surface area contributed by atoms with Crippen LogP contribution in [0.25, 0.3) is 0 Å². The summed E-state index contributed by atoms with van der Waals surface area (Å²) in [6, 6.07) is 18.0. The third-order valence-electron chi connectivity index (χ3n) is 4.13. The normalized spacial score (nSPS) is 10.7. The van der Waals surface area contributed by atoms with Crippen molar-refractivity contribution in [3.05, 3.63) is 60.2 Å². The zero-order chi connectivity index (χ0) is 17.9. The zero-order valence-corrected chi connectivity index (χ0v) is 15.2. The molecule has 0 unspecified atom stereocenters. The number of carbonyl (C=O) groups is 1. The molecule has 0 bridgehead atoms. The number of amides is 1. The summed E-state index contributed by atoms with van der Waals surface area (Å²) in [5.74, 6) is 0.715. The first-order chi connectivity index (χ1) is 12.2. The van der Waals surface area contributed by atoms with Crippen LogP contribution in [0.3, 0.4) is 0 Å². The molecule has 134 valence electrons. The highest BCUT2D eigenvalue weighted by Gasteiger charge is 2.10. The number of ether oxygens (including phenoxy) is 1. The van der Waals surface area contributed by atoms with Gasteiger partial charge in [-0.2, -0.15) is 0 Å². The number of nitrogens with zero attached hydrogens (tertiary/aromatic N) is 1. The van der Waals surface area contributed by atoms with Crippen LogP contribution in [0.15, 0.2) is 54.6 Å². The van der Waals surface area contributed by atoms with Gasteiger partial charge < -0.3 is 10.1 Å². The van der Waals surface area contributed by atoms with E-state index in [4.69, 9.17) is 4.74 Å². The highest BCUT2D eigenvalue weighted by molar-refractivity contribution is 5.93. The van der Waals surface area contributed by atoms with Crippen molar-refractivity contribution in [1.82, 2.24) is 4.90 Å². The Morgan fingerprint density at radius 3 is 2.40 bits per heavy atom. The van der Waals surface area contributed by atoms with E-state index < -0.39 is 0 Å². The number of likely N-dealkylation sites (N-methyl/N-ethyl adjacent to an activating group) is 1. The molecule has 0 aliphatic carbocycles. The van der Waals surface area contributed by atoms with Crippen LogP contribution in [0.5, 0.6) is 5.75 Å². The number of aryl methyl sites for hydroxylation is 1. The summed E-state index contributed by atoms with van der Waals surface area (Å²) in [5, 5.41) is 2.96. The minimum Gasteiger partial charge on any atom is -0.491 e. The molecule has 4 heteroatoms. The van der Waals surface area contributed by atoms with Gasteiger partial charge in [-0.15, -0.1) is 0 Å². The predicted octanol–water partition coefficient (Wildman–Crippen LogP) is 3.98. The van der Waals surface area contributed by atoms with Crippen LogP contribution in [0.4, 0.5) is 5.69 Å². The molecule has 2 aromatic carbocycles. The number of nitrogens with one attached hydrogen (secondary N) is 1. The van der Waals surface area contributed by atoms with Crippen molar-refractivity contribution in [3.8, 4) is 5.75 Å². The number of anilines is 1. The molecular formula is C21H28N2O2. The van der Waals surface area contributed by atoms with Crippen LogP contribution < -0.4 is 10.1 Å². The maximum atomic E-state index is 12.2. The van der Waals surface area contributed by atoms with Crippen molar-refractivity contribution >= 4 is 11.6 Å². The lowest BCUT2D eigenvalue weighted by Gasteiger charge is -2.18. The average molecular weight is 340 g/mol. The third-order valence-corrected chi connectivity index (χ3v) is 4.13. The molecule has 0 saturated heterocycles. The number of carbonyl (C=O) groups excluding carboxylic acids is 1. The molecule has 0 aliphatic rings. The maximum absolute atomic E-state index is 12.2. The smallest absolute Gasteiger partial charge is 0.238 e. The van der Waals surface area contributed by atoms with Gasteiger partial charge in [-0.25, -0.2) is 0 Å². The molecule has 2 aromatic rings. The Morgan fingerprint density at radius 2 is 1.68 bits per heavy atom. The molecule has 1 amide bonds. The molecule has 0 fully saturated rings. The lowest BCUT2D eigenvalue weighted by Crippen LogP contribution is -2.33. The molecule has 0 spiro atoms. The first-order valence-corrected chi connectivity index (χ1v) is 9.00. The lowest BCUT2D eigenvalue weighted by molar-refractivity contribution is -0.117. The fourth-order valence-electron chi connectivity index (χ4n) is 2.64. The van der Waals surface area contributed by atoms with Gasteiger partial charge in [-0.05, 0) is 43.6 Å². The van der Waals surface area contributed by atoms with E-state index in [1.165, 1.54) is 5.56 Å². The van der Waals surface area contributed by atoms with Crippen LogP contribution in [0, 0.1) is 0 Å². The monoisotopic (exact) mass is 340 g/mol. The summed E-state index contributed by atoms with van der Waals surface area (Å²) in [5.41, 5.74) is 2.05. The molecule has 0 aliphatic heterocycles. The van der Waals surface area contributed by atoms with E-state index in [1.54, 1.807) is 0 Å². The quantitative estimate of drug-likeness (QED) is 0.665. The van der Waals surface area contributed by atoms with Crippen molar-refractivity contribution < 1.29 is 9.53 Å². The summed E-state index contributed by atoms with van der Waals surface area (Å²) >= 11 is 0. The third kappa shape index (κ3) is 6.59. The molecule has 0 heterocycles. The number of hydrogen-bond donors (Lipinski definition) is 1. The fraction of sp³-hybridized carbons (Fsp3) is 0.381. The molecule has 0 saturated carbocycles. The Morgan fingerprint density at radius 1 is 1.00 bits per heavy atom. The van der Waals surface area contributed by atoms with Gasteiger partial charge in [0.05, 0.1) is 18.8 Å². The van der Waals surface area contributed by atoms with Crippen LogP contribution in [-0.4, -0.2) is 37.0 Å². The Labute approximate surface area is 150 Å².